The first kappa shape index (κ1) is 21.6. The van der Waals surface area contributed by atoms with Crippen LogP contribution in [0.5, 0.6) is 0 Å². The second kappa shape index (κ2) is 9.57. The summed E-state index contributed by atoms with van der Waals surface area (Å²) in [6.07, 6.45) is 2.45. The number of hydrogen-bond acceptors (Lipinski definition) is 3. The summed E-state index contributed by atoms with van der Waals surface area (Å²) in [6, 6.07) is 12.9. The normalized spacial score (nSPS) is 12.6. The summed E-state index contributed by atoms with van der Waals surface area (Å²) >= 11 is 0. The zero-order valence-corrected chi connectivity index (χ0v) is 17.5. The molecule has 0 saturated heterocycles. The van der Waals surface area contributed by atoms with Gasteiger partial charge in [-0.25, -0.2) is 0 Å². The van der Waals surface area contributed by atoms with E-state index >= 15 is 0 Å². The number of hydrogen-bond donors (Lipinski definition) is 2. The number of aliphatic carboxylic acids is 1. The van der Waals surface area contributed by atoms with E-state index in [1.807, 2.05) is 31.2 Å². The van der Waals surface area contributed by atoms with Gasteiger partial charge in [-0.3, -0.25) is 14.4 Å². The predicted molar refractivity (Wildman–Crippen MR) is 115 cm³/mol. The van der Waals surface area contributed by atoms with Gasteiger partial charge in [-0.1, -0.05) is 43.7 Å². The molecule has 1 atom stereocenters. The number of carbonyl (C=O) groups is 3. The fourth-order valence-corrected chi connectivity index (χ4v) is 3.82. The van der Waals surface area contributed by atoms with Gasteiger partial charge in [0.25, 0.3) is 5.91 Å². The van der Waals surface area contributed by atoms with Crippen LogP contribution in [0.25, 0.3) is 11.1 Å². The lowest BCUT2D eigenvalue weighted by Crippen LogP contribution is -2.47. The SMILES string of the molecule is CCCCN(C)C(=O)[C@H](CCC(=O)O)NC(=O)c1ccc2c(c1)Cc1ccccc1-2. The minimum absolute atomic E-state index is 0.0623. The van der Waals surface area contributed by atoms with Crippen molar-refractivity contribution in [2.75, 3.05) is 13.6 Å². The molecule has 2 amide bonds. The molecule has 0 fully saturated rings. The summed E-state index contributed by atoms with van der Waals surface area (Å²) in [5.41, 5.74) is 5.10. The van der Waals surface area contributed by atoms with Crippen molar-refractivity contribution in [1.29, 1.82) is 0 Å². The second-order valence-corrected chi connectivity index (χ2v) is 7.78. The zero-order chi connectivity index (χ0) is 21.7. The summed E-state index contributed by atoms with van der Waals surface area (Å²) in [5, 5.41) is 11.8. The molecule has 0 saturated carbocycles. The van der Waals surface area contributed by atoms with Crippen LogP contribution >= 0.6 is 0 Å². The molecule has 3 rings (SSSR count). The van der Waals surface area contributed by atoms with E-state index in [2.05, 4.69) is 17.4 Å². The van der Waals surface area contributed by atoms with Gasteiger partial charge in [-0.2, -0.15) is 0 Å². The molecule has 1 aliphatic rings. The first-order valence-electron chi connectivity index (χ1n) is 10.4. The summed E-state index contributed by atoms with van der Waals surface area (Å²) in [7, 11) is 1.69. The van der Waals surface area contributed by atoms with Crippen molar-refractivity contribution in [3.05, 3.63) is 59.2 Å². The van der Waals surface area contributed by atoms with E-state index in [0.29, 0.717) is 12.1 Å². The number of unbranched alkanes of at least 4 members (excludes halogenated alkanes) is 1. The van der Waals surface area contributed by atoms with Crippen molar-refractivity contribution in [2.45, 2.75) is 45.1 Å². The van der Waals surface area contributed by atoms with Crippen LogP contribution in [0.2, 0.25) is 0 Å². The fourth-order valence-electron chi connectivity index (χ4n) is 3.82. The standard InChI is InChI=1S/C24H28N2O4/c1-3-4-13-26(2)24(30)21(11-12-22(27)28)25-23(29)17-9-10-20-18(15-17)14-16-7-5-6-8-19(16)20/h5-10,15,21H,3-4,11-14H2,1-2H3,(H,25,29)(H,27,28)/t21-/m0/s1. The van der Waals surface area contributed by atoms with E-state index in [1.165, 1.54) is 11.1 Å². The minimum Gasteiger partial charge on any atom is -0.481 e. The highest BCUT2D eigenvalue weighted by Crippen LogP contribution is 2.36. The molecule has 0 radical (unpaired) electrons. The van der Waals surface area contributed by atoms with Crippen LogP contribution in [-0.2, 0) is 16.0 Å². The Bertz CT molecular complexity index is 954. The maximum Gasteiger partial charge on any atom is 0.303 e. The van der Waals surface area contributed by atoms with Crippen LogP contribution in [0.1, 0.15) is 54.1 Å². The molecule has 158 valence electrons. The van der Waals surface area contributed by atoms with Gasteiger partial charge in [-0.05, 0) is 53.6 Å². The average Bonchev–Trinajstić information content (AvgIpc) is 3.11. The Morgan fingerprint density at radius 3 is 2.57 bits per heavy atom. The molecule has 2 N–H and O–H groups in total. The lowest BCUT2D eigenvalue weighted by atomic mass is 10.0. The Morgan fingerprint density at radius 1 is 1.10 bits per heavy atom. The van der Waals surface area contributed by atoms with Gasteiger partial charge < -0.3 is 15.3 Å². The van der Waals surface area contributed by atoms with Crippen LogP contribution in [0, 0.1) is 0 Å². The van der Waals surface area contributed by atoms with E-state index < -0.39 is 12.0 Å². The topological polar surface area (TPSA) is 86.7 Å². The minimum atomic E-state index is -0.992. The van der Waals surface area contributed by atoms with Crippen molar-refractivity contribution >= 4 is 17.8 Å². The summed E-state index contributed by atoms with van der Waals surface area (Å²) in [5.74, 6) is -1.61. The number of benzene rings is 2. The molecular formula is C24H28N2O4. The van der Waals surface area contributed by atoms with Crippen molar-refractivity contribution in [1.82, 2.24) is 10.2 Å². The molecule has 0 heterocycles. The van der Waals surface area contributed by atoms with Crippen LogP contribution < -0.4 is 5.32 Å². The van der Waals surface area contributed by atoms with Gasteiger partial charge in [0.1, 0.15) is 6.04 Å². The number of carboxylic acids is 1. The molecule has 1 aliphatic carbocycles. The van der Waals surface area contributed by atoms with E-state index in [9.17, 15) is 14.4 Å². The molecule has 2 aromatic carbocycles. The maximum absolute atomic E-state index is 12.9. The Hall–Kier alpha value is -3.15. The third-order valence-electron chi connectivity index (χ3n) is 5.53. The Labute approximate surface area is 176 Å². The molecule has 0 unspecified atom stereocenters. The molecule has 0 spiro atoms. The van der Waals surface area contributed by atoms with Gasteiger partial charge in [0.15, 0.2) is 0 Å². The maximum atomic E-state index is 12.9. The van der Waals surface area contributed by atoms with Crippen LogP contribution in [0.3, 0.4) is 0 Å². The number of likely N-dealkylation sites (N-methyl/N-ethyl adjacent to an activating group) is 1. The number of amides is 2. The highest BCUT2D eigenvalue weighted by molar-refractivity contribution is 5.98. The molecule has 2 aromatic rings. The summed E-state index contributed by atoms with van der Waals surface area (Å²) in [4.78, 5) is 38.3. The van der Waals surface area contributed by atoms with E-state index in [1.54, 1.807) is 18.0 Å². The van der Waals surface area contributed by atoms with Crippen molar-refractivity contribution in [2.24, 2.45) is 0 Å². The molecule has 6 heteroatoms. The third kappa shape index (κ3) is 4.87. The molecule has 0 bridgehead atoms. The Kier molecular flexibility index (Phi) is 6.87. The van der Waals surface area contributed by atoms with Gasteiger partial charge in [0.05, 0.1) is 0 Å². The number of nitrogens with one attached hydrogen (secondary N) is 1. The van der Waals surface area contributed by atoms with Crippen LogP contribution in [0.15, 0.2) is 42.5 Å². The predicted octanol–water partition coefficient (Wildman–Crippen LogP) is 3.48. The molecule has 30 heavy (non-hydrogen) atoms. The van der Waals surface area contributed by atoms with Gasteiger partial charge in [0, 0.05) is 25.6 Å². The van der Waals surface area contributed by atoms with Crippen molar-refractivity contribution in [3.63, 3.8) is 0 Å². The quantitative estimate of drug-likeness (QED) is 0.568. The fraction of sp³-hybridized carbons (Fsp3) is 0.375. The zero-order valence-electron chi connectivity index (χ0n) is 17.5. The van der Waals surface area contributed by atoms with Gasteiger partial charge >= 0.3 is 5.97 Å². The van der Waals surface area contributed by atoms with E-state index in [0.717, 1.165) is 30.4 Å². The first-order valence-corrected chi connectivity index (χ1v) is 10.4. The highest BCUT2D eigenvalue weighted by atomic mass is 16.4. The summed E-state index contributed by atoms with van der Waals surface area (Å²) in [6.45, 7) is 2.61. The second-order valence-electron chi connectivity index (χ2n) is 7.78. The lowest BCUT2D eigenvalue weighted by molar-refractivity contribution is -0.137. The molecule has 6 nitrogen and oxygen atoms in total. The molecular weight excluding hydrogens is 380 g/mol. The number of fused-ring (bicyclic) bond motifs is 3. The average molecular weight is 408 g/mol. The van der Waals surface area contributed by atoms with Gasteiger partial charge in [0.2, 0.25) is 5.91 Å². The monoisotopic (exact) mass is 408 g/mol. The third-order valence-corrected chi connectivity index (χ3v) is 5.53. The number of carboxylic acid groups (broad SMARTS) is 1. The van der Waals surface area contributed by atoms with E-state index in [4.69, 9.17) is 5.11 Å². The molecule has 0 aromatic heterocycles. The lowest BCUT2D eigenvalue weighted by Gasteiger charge is -2.24. The van der Waals surface area contributed by atoms with Crippen LogP contribution in [0.4, 0.5) is 0 Å². The van der Waals surface area contributed by atoms with E-state index in [-0.39, 0.29) is 24.7 Å². The van der Waals surface area contributed by atoms with Gasteiger partial charge in [-0.15, -0.1) is 0 Å². The van der Waals surface area contributed by atoms with Crippen molar-refractivity contribution < 1.29 is 19.5 Å². The Balaban J connectivity index is 1.74. The van der Waals surface area contributed by atoms with Crippen molar-refractivity contribution in [3.8, 4) is 11.1 Å². The van der Waals surface area contributed by atoms with Crippen LogP contribution in [-0.4, -0.2) is 47.4 Å². The highest BCUT2D eigenvalue weighted by Gasteiger charge is 2.26. The summed E-state index contributed by atoms with van der Waals surface area (Å²) < 4.78 is 0. The molecule has 0 aliphatic heterocycles. The first-order chi connectivity index (χ1) is 14.4. The number of rotatable bonds is 9. The largest absolute Gasteiger partial charge is 0.481 e. The smallest absolute Gasteiger partial charge is 0.303 e. The number of nitrogens with zero attached hydrogens (tertiary/aromatic N) is 1. The Morgan fingerprint density at radius 2 is 1.83 bits per heavy atom. The number of carbonyl (C=O) groups excluding carboxylic acids is 2.